The molecule has 1 N–H and O–H groups in total. The predicted molar refractivity (Wildman–Crippen MR) is 101 cm³/mol. The fourth-order valence-corrected chi connectivity index (χ4v) is 5.02. The standard InChI is InChI=1S/C19H24N2O4S/c1-4-13-7-5-6-12(2)17(13)20-15(22)10-25-18(24)14-11-26-19(3)9-8-16(23)21(14)19/h5-7,14H,4,8-11H2,1-3H3,(H,20,22)/t14-,19+/m0/s1. The number of anilines is 1. The third-order valence-electron chi connectivity index (χ3n) is 5.07. The number of hydrogen-bond donors (Lipinski definition) is 1. The smallest absolute Gasteiger partial charge is 0.330 e. The van der Waals surface area contributed by atoms with Crippen molar-refractivity contribution in [3.05, 3.63) is 29.3 Å². The molecule has 0 radical (unpaired) electrons. The molecule has 2 heterocycles. The van der Waals surface area contributed by atoms with Crippen LogP contribution in [0, 0.1) is 6.92 Å². The first-order valence-electron chi connectivity index (χ1n) is 8.87. The first kappa shape index (κ1) is 18.8. The molecule has 2 saturated heterocycles. The van der Waals surface area contributed by atoms with E-state index in [1.165, 1.54) is 0 Å². The molecule has 0 unspecified atom stereocenters. The lowest BCUT2D eigenvalue weighted by Gasteiger charge is -2.29. The number of benzene rings is 1. The number of nitrogens with one attached hydrogen (secondary N) is 1. The van der Waals surface area contributed by atoms with Crippen LogP contribution < -0.4 is 5.32 Å². The molecule has 0 aromatic heterocycles. The van der Waals surface area contributed by atoms with Crippen LogP contribution in [0.25, 0.3) is 0 Å². The monoisotopic (exact) mass is 376 g/mol. The zero-order chi connectivity index (χ0) is 18.9. The third-order valence-corrected chi connectivity index (χ3v) is 6.57. The lowest BCUT2D eigenvalue weighted by molar-refractivity contribution is -0.155. The summed E-state index contributed by atoms with van der Waals surface area (Å²) >= 11 is 1.60. The van der Waals surface area contributed by atoms with Gasteiger partial charge in [-0.2, -0.15) is 0 Å². The molecule has 2 aliphatic rings. The lowest BCUT2D eigenvalue weighted by atomic mass is 10.1. The van der Waals surface area contributed by atoms with Gasteiger partial charge in [-0.15, -0.1) is 11.8 Å². The van der Waals surface area contributed by atoms with E-state index in [4.69, 9.17) is 4.74 Å². The summed E-state index contributed by atoms with van der Waals surface area (Å²) in [5.74, 6) is -0.382. The number of ether oxygens (including phenoxy) is 1. The Morgan fingerprint density at radius 1 is 1.42 bits per heavy atom. The van der Waals surface area contributed by atoms with E-state index in [1.54, 1.807) is 16.7 Å². The van der Waals surface area contributed by atoms with Crippen molar-refractivity contribution in [3.8, 4) is 0 Å². The van der Waals surface area contributed by atoms with E-state index < -0.39 is 12.0 Å². The highest BCUT2D eigenvalue weighted by atomic mass is 32.2. The Hall–Kier alpha value is -2.02. The van der Waals surface area contributed by atoms with Gasteiger partial charge in [0, 0.05) is 17.9 Å². The highest BCUT2D eigenvalue weighted by Crippen LogP contribution is 2.47. The van der Waals surface area contributed by atoms with Gasteiger partial charge in [-0.1, -0.05) is 25.1 Å². The molecule has 2 atom stereocenters. The molecule has 140 valence electrons. The second kappa shape index (κ2) is 7.31. The minimum atomic E-state index is -0.600. The largest absolute Gasteiger partial charge is 0.454 e. The minimum absolute atomic E-state index is 0.0172. The Morgan fingerprint density at radius 3 is 2.92 bits per heavy atom. The van der Waals surface area contributed by atoms with Crippen molar-refractivity contribution in [1.82, 2.24) is 4.90 Å². The summed E-state index contributed by atoms with van der Waals surface area (Å²) in [5.41, 5.74) is 2.78. The van der Waals surface area contributed by atoms with Gasteiger partial charge in [0.2, 0.25) is 5.91 Å². The van der Waals surface area contributed by atoms with Crippen LogP contribution in [0.15, 0.2) is 18.2 Å². The molecule has 7 heteroatoms. The first-order valence-corrected chi connectivity index (χ1v) is 9.85. The minimum Gasteiger partial charge on any atom is -0.454 e. The number of esters is 1. The van der Waals surface area contributed by atoms with Gasteiger partial charge >= 0.3 is 5.97 Å². The van der Waals surface area contributed by atoms with Crippen molar-refractivity contribution in [2.75, 3.05) is 17.7 Å². The number of para-hydroxylation sites is 1. The number of thioether (sulfide) groups is 1. The van der Waals surface area contributed by atoms with Crippen LogP contribution in [0.5, 0.6) is 0 Å². The number of hydrogen-bond acceptors (Lipinski definition) is 5. The molecular formula is C19H24N2O4S. The van der Waals surface area contributed by atoms with E-state index in [-0.39, 0.29) is 23.3 Å². The Kier molecular flexibility index (Phi) is 5.27. The Bertz CT molecular complexity index is 751. The Labute approximate surface area is 157 Å². The summed E-state index contributed by atoms with van der Waals surface area (Å²) in [7, 11) is 0. The summed E-state index contributed by atoms with van der Waals surface area (Å²) < 4.78 is 5.22. The van der Waals surface area contributed by atoms with Crippen LogP contribution in [-0.2, 0) is 25.5 Å². The molecule has 3 rings (SSSR count). The highest BCUT2D eigenvalue weighted by molar-refractivity contribution is 8.01. The van der Waals surface area contributed by atoms with Crippen molar-refractivity contribution in [2.45, 2.75) is 50.9 Å². The Morgan fingerprint density at radius 2 is 2.19 bits per heavy atom. The molecule has 2 amide bonds. The van der Waals surface area contributed by atoms with Crippen molar-refractivity contribution in [2.24, 2.45) is 0 Å². The van der Waals surface area contributed by atoms with Crippen LogP contribution in [0.1, 0.15) is 37.8 Å². The maximum Gasteiger partial charge on any atom is 0.330 e. The molecule has 1 aromatic carbocycles. The third kappa shape index (κ3) is 3.45. The summed E-state index contributed by atoms with van der Waals surface area (Å²) in [6.45, 7) is 5.58. The van der Waals surface area contributed by atoms with E-state index in [2.05, 4.69) is 5.32 Å². The van der Waals surface area contributed by atoms with Gasteiger partial charge < -0.3 is 15.0 Å². The van der Waals surface area contributed by atoms with Crippen LogP contribution >= 0.6 is 11.8 Å². The molecule has 26 heavy (non-hydrogen) atoms. The van der Waals surface area contributed by atoms with Crippen molar-refractivity contribution < 1.29 is 19.1 Å². The van der Waals surface area contributed by atoms with Gasteiger partial charge in [0.05, 0.1) is 4.87 Å². The van der Waals surface area contributed by atoms with Crippen molar-refractivity contribution in [1.29, 1.82) is 0 Å². The quantitative estimate of drug-likeness (QED) is 0.799. The molecule has 0 bridgehead atoms. The number of fused-ring (bicyclic) bond motifs is 1. The van der Waals surface area contributed by atoms with Crippen LogP contribution in [0.2, 0.25) is 0 Å². The van der Waals surface area contributed by atoms with Gasteiger partial charge in [0.1, 0.15) is 6.04 Å². The maximum absolute atomic E-state index is 12.4. The number of carbonyl (C=O) groups excluding carboxylic acids is 3. The molecule has 1 aromatic rings. The second-order valence-electron chi connectivity index (χ2n) is 6.88. The fraction of sp³-hybridized carbons (Fsp3) is 0.526. The molecule has 2 fully saturated rings. The van der Waals surface area contributed by atoms with Gasteiger partial charge in [-0.3, -0.25) is 9.59 Å². The van der Waals surface area contributed by atoms with Gasteiger partial charge in [0.25, 0.3) is 5.91 Å². The van der Waals surface area contributed by atoms with E-state index >= 15 is 0 Å². The number of carbonyl (C=O) groups is 3. The van der Waals surface area contributed by atoms with E-state index in [0.29, 0.717) is 12.2 Å². The topological polar surface area (TPSA) is 75.7 Å². The van der Waals surface area contributed by atoms with E-state index in [0.717, 1.165) is 29.7 Å². The van der Waals surface area contributed by atoms with Gasteiger partial charge in [-0.25, -0.2) is 4.79 Å². The molecular weight excluding hydrogens is 352 g/mol. The molecule has 6 nitrogen and oxygen atoms in total. The lowest BCUT2D eigenvalue weighted by Crippen LogP contribution is -2.47. The normalized spacial score (nSPS) is 24.5. The van der Waals surface area contributed by atoms with Crippen molar-refractivity contribution >= 4 is 35.2 Å². The average molecular weight is 376 g/mol. The number of rotatable bonds is 5. The predicted octanol–water partition coefficient (Wildman–Crippen LogP) is 2.49. The van der Waals surface area contributed by atoms with Crippen LogP contribution in [-0.4, -0.2) is 46.0 Å². The van der Waals surface area contributed by atoms with Crippen LogP contribution in [0.3, 0.4) is 0 Å². The Balaban J connectivity index is 1.59. The fourth-order valence-electron chi connectivity index (χ4n) is 3.61. The van der Waals surface area contributed by atoms with Crippen molar-refractivity contribution in [3.63, 3.8) is 0 Å². The molecule has 2 aliphatic heterocycles. The van der Waals surface area contributed by atoms with Crippen LogP contribution in [0.4, 0.5) is 5.69 Å². The summed E-state index contributed by atoms with van der Waals surface area (Å²) in [4.78, 5) is 38.0. The zero-order valence-corrected chi connectivity index (χ0v) is 16.1. The zero-order valence-electron chi connectivity index (χ0n) is 15.3. The van der Waals surface area contributed by atoms with Gasteiger partial charge in [0.15, 0.2) is 6.61 Å². The molecule has 0 aliphatic carbocycles. The molecule has 0 spiro atoms. The number of aryl methyl sites for hydroxylation is 2. The average Bonchev–Trinajstić information content (AvgIpc) is 3.11. The maximum atomic E-state index is 12.4. The summed E-state index contributed by atoms with van der Waals surface area (Å²) in [6.07, 6.45) is 2.00. The first-order chi connectivity index (χ1) is 12.4. The highest BCUT2D eigenvalue weighted by Gasteiger charge is 2.53. The van der Waals surface area contributed by atoms with E-state index in [1.807, 2.05) is 39.0 Å². The van der Waals surface area contributed by atoms with Gasteiger partial charge in [-0.05, 0) is 37.8 Å². The number of amides is 2. The molecule has 0 saturated carbocycles. The number of nitrogens with zero attached hydrogens (tertiary/aromatic N) is 1. The summed E-state index contributed by atoms with van der Waals surface area (Å²) in [5, 5.41) is 2.84. The summed E-state index contributed by atoms with van der Waals surface area (Å²) in [6, 6.07) is 5.24. The van der Waals surface area contributed by atoms with E-state index in [9.17, 15) is 14.4 Å². The SMILES string of the molecule is CCc1cccc(C)c1NC(=O)COC(=O)[C@@H]1CS[C@]2(C)CCC(=O)N12. The second-order valence-corrected chi connectivity index (χ2v) is 8.39.